The lowest BCUT2D eigenvalue weighted by Gasteiger charge is -2.25. The fourth-order valence-electron chi connectivity index (χ4n) is 4.32. The first kappa shape index (κ1) is 20.3. The third kappa shape index (κ3) is 3.85. The number of hydrogen-bond donors (Lipinski definition) is 0. The Labute approximate surface area is 185 Å². The highest BCUT2D eigenvalue weighted by Gasteiger charge is 2.32. The van der Waals surface area contributed by atoms with Crippen LogP contribution >= 0.6 is 0 Å². The predicted octanol–water partition coefficient (Wildman–Crippen LogP) is 3.40. The maximum atomic E-state index is 13.4. The van der Waals surface area contributed by atoms with Crippen LogP contribution in [0.5, 0.6) is 0 Å². The van der Waals surface area contributed by atoms with Gasteiger partial charge >= 0.3 is 0 Å². The number of methoxy groups -OCH3 is 1. The number of hydrogen-bond acceptors (Lipinski definition) is 6. The average Bonchev–Trinajstić information content (AvgIpc) is 3.46. The first-order valence-electron chi connectivity index (χ1n) is 10.7. The highest BCUT2D eigenvalue weighted by molar-refractivity contribution is 5.81. The number of aromatic nitrogens is 5. The molecule has 1 amide bonds. The molecule has 1 aliphatic rings. The Morgan fingerprint density at radius 3 is 2.78 bits per heavy atom. The number of fused-ring (bicyclic) bond motifs is 1. The maximum absolute atomic E-state index is 13.4. The largest absolute Gasteiger partial charge is 0.377 e. The monoisotopic (exact) mass is 428 g/mol. The summed E-state index contributed by atoms with van der Waals surface area (Å²) in [4.78, 5) is 33.5. The van der Waals surface area contributed by atoms with Crippen LogP contribution < -0.4 is 0 Å². The van der Waals surface area contributed by atoms with Crippen molar-refractivity contribution in [2.75, 3.05) is 13.7 Å². The summed E-state index contributed by atoms with van der Waals surface area (Å²) in [6.07, 6.45) is 5.28. The Hall–Kier alpha value is -3.65. The number of ether oxygens (including phenoxy) is 1. The standard InChI is InChI=1S/C24H24N6O2/c1-32-16-22-27-17-7-2-3-9-21(17)30(22)15-23(31)29-14-6-10-20(29)18-11-13-26-24(28-18)19-8-4-5-12-25-19/h2-5,7-9,11-13,20H,6,10,14-16H2,1H3. The van der Waals surface area contributed by atoms with Crippen molar-refractivity contribution < 1.29 is 9.53 Å². The molecule has 4 heterocycles. The van der Waals surface area contributed by atoms with Crippen molar-refractivity contribution in [3.63, 3.8) is 0 Å². The van der Waals surface area contributed by atoms with Gasteiger partial charge in [0.15, 0.2) is 5.82 Å². The molecule has 1 saturated heterocycles. The van der Waals surface area contributed by atoms with E-state index in [1.54, 1.807) is 19.5 Å². The third-order valence-corrected chi connectivity index (χ3v) is 5.79. The van der Waals surface area contributed by atoms with Crippen LogP contribution in [0.15, 0.2) is 60.9 Å². The molecule has 0 bridgehead atoms. The number of likely N-dealkylation sites (tertiary alicyclic amines) is 1. The molecule has 1 unspecified atom stereocenters. The second kappa shape index (κ2) is 8.84. The van der Waals surface area contributed by atoms with Gasteiger partial charge in [-0.2, -0.15) is 0 Å². The van der Waals surface area contributed by atoms with E-state index in [4.69, 9.17) is 9.72 Å². The molecule has 0 aliphatic carbocycles. The van der Waals surface area contributed by atoms with Crippen LogP contribution in [0.1, 0.15) is 30.4 Å². The molecule has 5 rings (SSSR count). The first-order chi connectivity index (χ1) is 15.7. The lowest BCUT2D eigenvalue weighted by Crippen LogP contribution is -2.34. The van der Waals surface area contributed by atoms with Crippen LogP contribution in [0.25, 0.3) is 22.6 Å². The van der Waals surface area contributed by atoms with Gasteiger partial charge in [-0.15, -0.1) is 0 Å². The molecule has 1 aromatic carbocycles. The van der Waals surface area contributed by atoms with Crippen molar-refractivity contribution in [3.8, 4) is 11.5 Å². The lowest BCUT2D eigenvalue weighted by molar-refractivity contribution is -0.132. The van der Waals surface area contributed by atoms with Gasteiger partial charge in [-0.25, -0.2) is 15.0 Å². The van der Waals surface area contributed by atoms with E-state index in [2.05, 4.69) is 15.0 Å². The Bertz CT molecular complexity index is 1240. The molecule has 0 saturated carbocycles. The summed E-state index contributed by atoms with van der Waals surface area (Å²) in [6.45, 7) is 1.28. The normalized spacial score (nSPS) is 16.0. The van der Waals surface area contributed by atoms with Gasteiger partial charge in [-0.05, 0) is 43.2 Å². The summed E-state index contributed by atoms with van der Waals surface area (Å²) < 4.78 is 7.27. The van der Waals surface area contributed by atoms with Crippen LogP contribution in [-0.2, 0) is 22.7 Å². The summed E-state index contributed by atoms with van der Waals surface area (Å²) in [6, 6.07) is 15.3. The van der Waals surface area contributed by atoms with Gasteiger partial charge in [0.1, 0.15) is 24.7 Å². The number of pyridine rings is 1. The van der Waals surface area contributed by atoms with E-state index in [0.29, 0.717) is 19.0 Å². The van der Waals surface area contributed by atoms with Gasteiger partial charge in [0, 0.05) is 26.0 Å². The van der Waals surface area contributed by atoms with Crippen molar-refractivity contribution in [1.82, 2.24) is 29.4 Å². The molecular formula is C24H24N6O2. The molecule has 8 nitrogen and oxygen atoms in total. The van der Waals surface area contributed by atoms with Crippen LogP contribution in [0.2, 0.25) is 0 Å². The lowest BCUT2D eigenvalue weighted by atomic mass is 10.1. The molecule has 32 heavy (non-hydrogen) atoms. The smallest absolute Gasteiger partial charge is 0.243 e. The van der Waals surface area contributed by atoms with Gasteiger partial charge in [0.25, 0.3) is 0 Å². The van der Waals surface area contributed by atoms with E-state index in [0.717, 1.165) is 41.1 Å². The molecule has 3 aromatic heterocycles. The van der Waals surface area contributed by atoms with Gasteiger partial charge in [-0.3, -0.25) is 9.78 Å². The predicted molar refractivity (Wildman–Crippen MR) is 119 cm³/mol. The van der Waals surface area contributed by atoms with Gasteiger partial charge < -0.3 is 14.2 Å². The van der Waals surface area contributed by atoms with Gasteiger partial charge in [-0.1, -0.05) is 18.2 Å². The Kier molecular flexibility index (Phi) is 5.60. The summed E-state index contributed by atoms with van der Waals surface area (Å²) in [5.74, 6) is 1.37. The Balaban J connectivity index is 1.42. The van der Waals surface area contributed by atoms with Crippen molar-refractivity contribution in [1.29, 1.82) is 0 Å². The molecular weight excluding hydrogens is 404 g/mol. The maximum Gasteiger partial charge on any atom is 0.243 e. The van der Waals surface area contributed by atoms with E-state index >= 15 is 0 Å². The zero-order valence-corrected chi connectivity index (χ0v) is 17.9. The summed E-state index contributed by atoms with van der Waals surface area (Å²) in [5, 5.41) is 0. The zero-order valence-electron chi connectivity index (χ0n) is 17.9. The third-order valence-electron chi connectivity index (χ3n) is 5.79. The van der Waals surface area contributed by atoms with Crippen molar-refractivity contribution in [2.24, 2.45) is 0 Å². The molecule has 162 valence electrons. The highest BCUT2D eigenvalue weighted by atomic mass is 16.5. The van der Waals surface area contributed by atoms with E-state index in [9.17, 15) is 4.79 Å². The molecule has 8 heteroatoms. The number of carbonyl (C=O) groups is 1. The fraction of sp³-hybridized carbons (Fsp3) is 0.292. The SMILES string of the molecule is COCc1nc2ccccc2n1CC(=O)N1CCCC1c1ccnc(-c2ccccn2)n1. The van der Waals surface area contributed by atoms with Crippen LogP contribution in [-0.4, -0.2) is 49.0 Å². The Morgan fingerprint density at radius 2 is 1.94 bits per heavy atom. The fourth-order valence-corrected chi connectivity index (χ4v) is 4.32. The van der Waals surface area contributed by atoms with Crippen molar-refractivity contribution in [2.45, 2.75) is 32.0 Å². The molecule has 1 aliphatic heterocycles. The van der Waals surface area contributed by atoms with Crippen molar-refractivity contribution in [3.05, 3.63) is 72.4 Å². The number of nitrogens with zero attached hydrogens (tertiary/aromatic N) is 6. The van der Waals surface area contributed by atoms with E-state index in [1.807, 2.05) is 58.0 Å². The Morgan fingerprint density at radius 1 is 1.06 bits per heavy atom. The number of carbonyl (C=O) groups excluding carboxylic acids is 1. The van der Waals surface area contributed by atoms with Gasteiger partial charge in [0.05, 0.1) is 22.8 Å². The van der Waals surface area contributed by atoms with Crippen LogP contribution in [0.4, 0.5) is 0 Å². The summed E-state index contributed by atoms with van der Waals surface area (Å²) in [5.41, 5.74) is 3.36. The van der Waals surface area contributed by atoms with Gasteiger partial charge in [0.2, 0.25) is 5.91 Å². The molecule has 0 spiro atoms. The number of imidazole rings is 1. The number of rotatable bonds is 6. The van der Waals surface area contributed by atoms with E-state index in [1.165, 1.54) is 0 Å². The first-order valence-corrected chi connectivity index (χ1v) is 10.7. The summed E-state index contributed by atoms with van der Waals surface area (Å²) >= 11 is 0. The second-order valence-electron chi connectivity index (χ2n) is 7.80. The minimum absolute atomic E-state index is 0.0472. The van der Waals surface area contributed by atoms with Crippen molar-refractivity contribution >= 4 is 16.9 Å². The molecule has 0 N–H and O–H groups in total. The minimum atomic E-state index is -0.0753. The number of amides is 1. The summed E-state index contributed by atoms with van der Waals surface area (Å²) in [7, 11) is 1.64. The quantitative estimate of drug-likeness (QED) is 0.468. The molecule has 0 radical (unpaired) electrons. The topological polar surface area (TPSA) is 86.0 Å². The average molecular weight is 428 g/mol. The molecule has 1 atom stereocenters. The minimum Gasteiger partial charge on any atom is -0.377 e. The highest BCUT2D eigenvalue weighted by Crippen LogP contribution is 2.32. The van der Waals surface area contributed by atoms with Crippen LogP contribution in [0.3, 0.4) is 0 Å². The zero-order chi connectivity index (χ0) is 21.9. The molecule has 4 aromatic rings. The van der Waals surface area contributed by atoms with Crippen LogP contribution in [0, 0.1) is 0 Å². The number of para-hydroxylation sites is 2. The second-order valence-corrected chi connectivity index (χ2v) is 7.80. The van der Waals surface area contributed by atoms with E-state index < -0.39 is 0 Å². The van der Waals surface area contributed by atoms with E-state index in [-0.39, 0.29) is 18.5 Å². The number of benzene rings is 1. The molecule has 1 fully saturated rings.